The van der Waals surface area contributed by atoms with Gasteiger partial charge in [0.25, 0.3) is 11.8 Å². The number of hydrogen-bond donors (Lipinski definition) is 5. The molecule has 5 rings (SSSR count). The minimum atomic E-state index is -2.26. The van der Waals surface area contributed by atoms with Gasteiger partial charge in [0.15, 0.2) is 5.82 Å². The quantitative estimate of drug-likeness (QED) is 0.0772. The molecule has 0 radical (unpaired) electrons. The van der Waals surface area contributed by atoms with Gasteiger partial charge in [0, 0.05) is 35.5 Å². The summed E-state index contributed by atoms with van der Waals surface area (Å²) in [6.07, 6.45) is 3.48. The van der Waals surface area contributed by atoms with Gasteiger partial charge in [-0.2, -0.15) is 0 Å². The van der Waals surface area contributed by atoms with Crippen molar-refractivity contribution >= 4 is 35.3 Å². The highest BCUT2D eigenvalue weighted by molar-refractivity contribution is 6.31. The maximum atomic E-state index is 16.1. The first-order chi connectivity index (χ1) is 23.6. The third kappa shape index (κ3) is 8.07. The van der Waals surface area contributed by atoms with Gasteiger partial charge >= 0.3 is 0 Å². The van der Waals surface area contributed by atoms with E-state index in [1.165, 1.54) is 45.2 Å². The number of benzene rings is 3. The second kappa shape index (κ2) is 14.5. The predicted molar refractivity (Wildman–Crippen MR) is 183 cm³/mol. The van der Waals surface area contributed by atoms with Gasteiger partial charge in [-0.1, -0.05) is 41.9 Å². The third-order valence-corrected chi connectivity index (χ3v) is 8.25. The number of nitrogens with zero attached hydrogens (tertiary/aromatic N) is 2. The number of halogens is 4. The zero-order valence-corrected chi connectivity index (χ0v) is 28.1. The molecule has 0 aliphatic heterocycles. The summed E-state index contributed by atoms with van der Waals surface area (Å²) in [4.78, 5) is 35.6. The minimum absolute atomic E-state index is 0.117. The highest BCUT2D eigenvalue weighted by atomic mass is 35.5. The van der Waals surface area contributed by atoms with Crippen LogP contribution in [0.25, 0.3) is 11.3 Å². The molecule has 262 valence electrons. The van der Waals surface area contributed by atoms with E-state index in [4.69, 9.17) is 22.1 Å². The van der Waals surface area contributed by atoms with Crippen LogP contribution in [0.1, 0.15) is 64.2 Å². The van der Waals surface area contributed by atoms with Gasteiger partial charge in [0.1, 0.15) is 28.7 Å². The van der Waals surface area contributed by atoms with Crippen molar-refractivity contribution in [3.05, 3.63) is 111 Å². The van der Waals surface area contributed by atoms with Crippen molar-refractivity contribution in [1.29, 1.82) is 0 Å². The third-order valence-electron chi connectivity index (χ3n) is 7.96. The van der Waals surface area contributed by atoms with Gasteiger partial charge < -0.3 is 31.3 Å². The lowest BCUT2D eigenvalue weighted by molar-refractivity contribution is 0.0658. The topological polar surface area (TPSA) is 159 Å². The standard InChI is InChI=1S/C36H35ClF3N5O5/c1-35(2,48)17-43-34(47)24-14-29(45-32(30(24)40)23-13-25(37)27(39)15-26(23)38)36(49,21-7-5-4-6-8-21)18-44-33(46)19-11-20(16-42-22-9-10-22)31(41)28(12-19)50-3/h4-8,11-16,22,48-49H,9-10,17-18,41H2,1-3H3,(H,43,47)(H,44,46)/t36-/m1/s1. The number of ether oxygens (including phenoxy) is 1. The second-order valence-electron chi connectivity index (χ2n) is 12.6. The molecule has 1 aromatic heterocycles. The predicted octanol–water partition coefficient (Wildman–Crippen LogP) is 5.16. The molecule has 3 aromatic carbocycles. The van der Waals surface area contributed by atoms with Gasteiger partial charge in [-0.15, -0.1) is 0 Å². The van der Waals surface area contributed by atoms with E-state index in [1.54, 1.807) is 24.4 Å². The number of pyridine rings is 1. The molecule has 0 saturated heterocycles. The molecule has 1 heterocycles. The molecule has 0 unspecified atom stereocenters. The Morgan fingerprint density at radius 1 is 1.02 bits per heavy atom. The first kappa shape index (κ1) is 36.3. The molecule has 50 heavy (non-hydrogen) atoms. The first-order valence-corrected chi connectivity index (χ1v) is 15.9. The van der Waals surface area contributed by atoms with Crippen molar-refractivity contribution in [2.24, 2.45) is 4.99 Å². The fourth-order valence-electron chi connectivity index (χ4n) is 5.01. The molecule has 1 fully saturated rings. The minimum Gasteiger partial charge on any atom is -0.495 e. The van der Waals surface area contributed by atoms with Crippen molar-refractivity contribution in [1.82, 2.24) is 15.6 Å². The summed E-state index contributed by atoms with van der Waals surface area (Å²) in [7, 11) is 1.40. The summed E-state index contributed by atoms with van der Waals surface area (Å²) < 4.78 is 50.8. The Morgan fingerprint density at radius 3 is 2.34 bits per heavy atom. The van der Waals surface area contributed by atoms with Gasteiger partial charge in [-0.3, -0.25) is 14.6 Å². The highest BCUT2D eigenvalue weighted by Gasteiger charge is 2.37. The smallest absolute Gasteiger partial charge is 0.254 e. The van der Waals surface area contributed by atoms with Gasteiger partial charge in [-0.05, 0) is 56.5 Å². The van der Waals surface area contributed by atoms with Crippen LogP contribution >= 0.6 is 11.6 Å². The molecule has 14 heteroatoms. The monoisotopic (exact) mass is 709 g/mol. The van der Waals surface area contributed by atoms with E-state index < -0.39 is 68.9 Å². The molecule has 2 amide bonds. The average molecular weight is 710 g/mol. The Bertz CT molecular complexity index is 1970. The number of carbonyl (C=O) groups is 2. The summed E-state index contributed by atoms with van der Waals surface area (Å²) >= 11 is 5.92. The number of nitrogens with one attached hydrogen (secondary N) is 2. The number of methoxy groups -OCH3 is 1. The maximum Gasteiger partial charge on any atom is 0.254 e. The summed E-state index contributed by atoms with van der Waals surface area (Å²) in [5.74, 6) is -5.14. The van der Waals surface area contributed by atoms with Crippen molar-refractivity contribution in [2.75, 3.05) is 25.9 Å². The Morgan fingerprint density at radius 2 is 1.70 bits per heavy atom. The van der Waals surface area contributed by atoms with Gasteiger partial charge in [0.2, 0.25) is 0 Å². The van der Waals surface area contributed by atoms with E-state index in [0.717, 1.165) is 25.0 Å². The van der Waals surface area contributed by atoms with Crippen LogP contribution in [0.5, 0.6) is 5.75 Å². The van der Waals surface area contributed by atoms with Crippen molar-refractivity contribution in [3.8, 4) is 17.0 Å². The SMILES string of the molecule is COc1cc(C(=O)NC[C@@](O)(c2ccccc2)c2cc(C(=O)NCC(C)(C)O)c(F)c(-c3cc(Cl)c(F)cc3F)n2)cc(C=NC2CC2)c1N. The molecular formula is C36H35ClF3N5O5. The molecule has 0 spiro atoms. The average Bonchev–Trinajstić information content (AvgIpc) is 3.92. The normalized spacial score (nSPS) is 14.3. The molecule has 6 N–H and O–H groups in total. The Kier molecular flexibility index (Phi) is 10.5. The van der Waals surface area contributed by atoms with E-state index in [-0.39, 0.29) is 40.8 Å². The molecule has 1 aliphatic carbocycles. The van der Waals surface area contributed by atoms with Crippen LogP contribution in [0.15, 0.2) is 65.7 Å². The van der Waals surface area contributed by atoms with E-state index in [0.29, 0.717) is 11.6 Å². The maximum absolute atomic E-state index is 16.1. The van der Waals surface area contributed by atoms with Crippen LogP contribution in [-0.2, 0) is 5.60 Å². The van der Waals surface area contributed by atoms with Gasteiger partial charge in [-0.25, -0.2) is 18.2 Å². The Labute approximate surface area is 291 Å². The number of nitrogen functional groups attached to an aromatic ring is 1. The molecule has 4 aromatic rings. The molecular weight excluding hydrogens is 675 g/mol. The fraction of sp³-hybridized carbons (Fsp3) is 0.278. The molecule has 0 bridgehead atoms. The van der Waals surface area contributed by atoms with E-state index >= 15 is 8.78 Å². The largest absolute Gasteiger partial charge is 0.495 e. The molecule has 1 aliphatic rings. The molecule has 1 atom stereocenters. The molecule has 1 saturated carbocycles. The van der Waals surface area contributed by atoms with Crippen LogP contribution < -0.4 is 21.1 Å². The van der Waals surface area contributed by atoms with Crippen LogP contribution in [0.2, 0.25) is 5.02 Å². The second-order valence-corrected chi connectivity index (χ2v) is 13.0. The number of aliphatic imine (C=N–C) groups is 1. The Hall–Kier alpha value is -4.98. The Balaban J connectivity index is 1.61. The number of amides is 2. The van der Waals surface area contributed by atoms with Gasteiger partial charge in [0.05, 0.1) is 47.3 Å². The van der Waals surface area contributed by atoms with E-state index in [1.807, 2.05) is 0 Å². The lowest BCUT2D eigenvalue weighted by Gasteiger charge is -2.30. The number of rotatable bonds is 12. The van der Waals surface area contributed by atoms with E-state index in [9.17, 15) is 24.2 Å². The number of aromatic nitrogens is 1. The zero-order valence-electron chi connectivity index (χ0n) is 27.4. The highest BCUT2D eigenvalue weighted by Crippen LogP contribution is 2.35. The lowest BCUT2D eigenvalue weighted by atomic mass is 9.88. The van der Waals surface area contributed by atoms with Crippen LogP contribution in [0.4, 0.5) is 18.9 Å². The van der Waals surface area contributed by atoms with Crippen LogP contribution in [0, 0.1) is 17.5 Å². The fourth-order valence-corrected chi connectivity index (χ4v) is 5.17. The summed E-state index contributed by atoms with van der Waals surface area (Å²) in [6, 6.07) is 13.2. The van der Waals surface area contributed by atoms with Crippen LogP contribution in [0.3, 0.4) is 0 Å². The van der Waals surface area contributed by atoms with E-state index in [2.05, 4.69) is 20.6 Å². The first-order valence-electron chi connectivity index (χ1n) is 15.5. The van der Waals surface area contributed by atoms with Crippen molar-refractivity contribution in [3.63, 3.8) is 0 Å². The van der Waals surface area contributed by atoms with Crippen molar-refractivity contribution < 1.29 is 37.7 Å². The number of aliphatic hydroxyl groups is 2. The summed E-state index contributed by atoms with van der Waals surface area (Å²) in [5, 5.41) is 27.1. The molecule has 10 nitrogen and oxygen atoms in total. The number of anilines is 1. The number of hydrogen-bond acceptors (Lipinski definition) is 8. The van der Waals surface area contributed by atoms with Crippen molar-refractivity contribution in [2.45, 2.75) is 43.9 Å². The van der Waals surface area contributed by atoms with Crippen LogP contribution in [-0.4, -0.2) is 65.1 Å². The zero-order chi connectivity index (χ0) is 36.4. The lowest BCUT2D eigenvalue weighted by Crippen LogP contribution is -2.43. The summed E-state index contributed by atoms with van der Waals surface area (Å²) in [5.41, 5.74) is 1.17. The summed E-state index contributed by atoms with van der Waals surface area (Å²) in [6.45, 7) is 1.95. The number of nitrogens with two attached hydrogens (primary N) is 1. The number of carbonyl (C=O) groups excluding carboxylic acids is 2.